The van der Waals surface area contributed by atoms with E-state index in [4.69, 9.17) is 9.84 Å². The normalized spacial score (nSPS) is 10.5. The van der Waals surface area contributed by atoms with Crippen LogP contribution in [0.1, 0.15) is 5.56 Å². The summed E-state index contributed by atoms with van der Waals surface area (Å²) in [6, 6.07) is 2.69. The lowest BCUT2D eigenvalue weighted by molar-refractivity contribution is -0.131. The number of aromatic hydroxyl groups is 2. The van der Waals surface area contributed by atoms with Gasteiger partial charge in [-0.3, -0.25) is 0 Å². The van der Waals surface area contributed by atoms with Gasteiger partial charge in [-0.25, -0.2) is 4.79 Å². The zero-order chi connectivity index (χ0) is 11.4. The summed E-state index contributed by atoms with van der Waals surface area (Å²) in [5.74, 6) is -1.71. The molecule has 0 unspecified atom stereocenters. The van der Waals surface area contributed by atoms with Crippen molar-refractivity contribution in [3.05, 3.63) is 23.8 Å². The zero-order valence-corrected chi connectivity index (χ0v) is 7.97. The van der Waals surface area contributed by atoms with Gasteiger partial charge in [0.15, 0.2) is 11.5 Å². The van der Waals surface area contributed by atoms with Gasteiger partial charge in [-0.2, -0.15) is 0 Å². The summed E-state index contributed by atoms with van der Waals surface area (Å²) >= 11 is 0. The lowest BCUT2D eigenvalue weighted by atomic mass is 10.1. The van der Waals surface area contributed by atoms with Crippen LogP contribution in [-0.4, -0.2) is 28.4 Å². The number of rotatable bonds is 3. The number of aliphatic carboxylic acids is 1. The number of phenolic OH excluding ortho intramolecular Hbond substituents is 2. The summed E-state index contributed by atoms with van der Waals surface area (Å²) in [4.78, 5) is 10.3. The zero-order valence-electron chi connectivity index (χ0n) is 7.97. The van der Waals surface area contributed by atoms with E-state index >= 15 is 0 Å². The maximum atomic E-state index is 10.3. The first-order valence-corrected chi connectivity index (χ1v) is 4.06. The highest BCUT2D eigenvalue weighted by molar-refractivity contribution is 5.86. The van der Waals surface area contributed by atoms with Crippen molar-refractivity contribution >= 4 is 12.0 Å². The molecule has 0 spiro atoms. The molecule has 0 bridgehead atoms. The fraction of sp³-hybridized carbons (Fsp3) is 0.100. The second kappa shape index (κ2) is 4.36. The molecule has 1 aromatic rings. The van der Waals surface area contributed by atoms with Gasteiger partial charge in [-0.15, -0.1) is 0 Å². The quantitative estimate of drug-likeness (QED) is 0.652. The third-order valence-corrected chi connectivity index (χ3v) is 1.75. The fourth-order valence-electron chi connectivity index (χ4n) is 1.07. The van der Waals surface area contributed by atoms with Crippen LogP contribution in [0.5, 0.6) is 17.2 Å². The SMILES string of the molecule is COc1c(O)ccc(C=CC(=O)O)c1O. The van der Waals surface area contributed by atoms with Crippen molar-refractivity contribution in [2.75, 3.05) is 7.11 Å². The summed E-state index contributed by atoms with van der Waals surface area (Å²) in [5, 5.41) is 27.2. The first-order valence-electron chi connectivity index (χ1n) is 4.06. The molecule has 0 heterocycles. The minimum Gasteiger partial charge on any atom is -0.504 e. The number of carbonyl (C=O) groups is 1. The predicted octanol–water partition coefficient (Wildman–Crippen LogP) is 1.20. The maximum absolute atomic E-state index is 10.3. The Hall–Kier alpha value is -2.17. The molecule has 0 saturated carbocycles. The molecule has 0 aliphatic rings. The highest BCUT2D eigenvalue weighted by Crippen LogP contribution is 2.38. The third kappa shape index (κ3) is 2.40. The van der Waals surface area contributed by atoms with Gasteiger partial charge in [0, 0.05) is 11.6 Å². The highest BCUT2D eigenvalue weighted by Gasteiger charge is 2.10. The van der Waals surface area contributed by atoms with Crippen LogP contribution in [0, 0.1) is 0 Å². The number of benzene rings is 1. The van der Waals surface area contributed by atoms with Crippen LogP contribution in [0.4, 0.5) is 0 Å². The second-order valence-electron chi connectivity index (χ2n) is 2.73. The lowest BCUT2D eigenvalue weighted by Crippen LogP contribution is -1.88. The van der Waals surface area contributed by atoms with Crippen LogP contribution in [-0.2, 0) is 4.79 Å². The maximum Gasteiger partial charge on any atom is 0.328 e. The van der Waals surface area contributed by atoms with Gasteiger partial charge in [-0.1, -0.05) is 0 Å². The van der Waals surface area contributed by atoms with Crippen LogP contribution < -0.4 is 4.74 Å². The molecule has 0 aliphatic heterocycles. The van der Waals surface area contributed by atoms with Crippen molar-refractivity contribution < 1.29 is 24.9 Å². The van der Waals surface area contributed by atoms with E-state index in [-0.39, 0.29) is 22.8 Å². The van der Waals surface area contributed by atoms with Crippen molar-refractivity contribution in [3.8, 4) is 17.2 Å². The minimum absolute atomic E-state index is 0.0810. The van der Waals surface area contributed by atoms with Crippen LogP contribution >= 0.6 is 0 Å². The van der Waals surface area contributed by atoms with Crippen molar-refractivity contribution in [3.63, 3.8) is 0 Å². The Morgan fingerprint density at radius 2 is 2.07 bits per heavy atom. The molecule has 15 heavy (non-hydrogen) atoms. The van der Waals surface area contributed by atoms with Gasteiger partial charge in [0.25, 0.3) is 0 Å². The average molecular weight is 210 g/mol. The van der Waals surface area contributed by atoms with Crippen LogP contribution in [0.3, 0.4) is 0 Å². The summed E-state index contributed by atoms with van der Waals surface area (Å²) in [5.41, 5.74) is 0.257. The Kier molecular flexibility index (Phi) is 3.17. The number of carboxylic acids is 1. The topological polar surface area (TPSA) is 87.0 Å². The summed E-state index contributed by atoms with van der Waals surface area (Å²) in [6.07, 6.45) is 2.09. The molecule has 1 rings (SSSR count). The summed E-state index contributed by atoms with van der Waals surface area (Å²) in [7, 11) is 1.29. The molecule has 0 fully saturated rings. The van der Waals surface area contributed by atoms with Crippen molar-refractivity contribution in [1.82, 2.24) is 0 Å². The van der Waals surface area contributed by atoms with Crippen LogP contribution in [0.25, 0.3) is 6.08 Å². The Balaban J connectivity index is 3.16. The Morgan fingerprint density at radius 3 is 2.60 bits per heavy atom. The molecule has 5 heteroatoms. The van der Waals surface area contributed by atoms with E-state index in [0.717, 1.165) is 6.08 Å². The van der Waals surface area contributed by atoms with Gasteiger partial charge in [-0.05, 0) is 18.2 Å². The van der Waals surface area contributed by atoms with Crippen molar-refractivity contribution in [2.24, 2.45) is 0 Å². The molecule has 0 aromatic heterocycles. The van der Waals surface area contributed by atoms with Gasteiger partial charge >= 0.3 is 5.97 Å². The molecule has 0 atom stereocenters. The third-order valence-electron chi connectivity index (χ3n) is 1.75. The average Bonchev–Trinajstić information content (AvgIpc) is 2.17. The summed E-state index contributed by atoms with van der Waals surface area (Å²) < 4.78 is 4.74. The largest absolute Gasteiger partial charge is 0.504 e. The Bertz CT molecular complexity index is 409. The molecule has 5 nitrogen and oxygen atoms in total. The Labute approximate surface area is 85.9 Å². The van der Waals surface area contributed by atoms with E-state index in [1.807, 2.05) is 0 Å². The first-order chi connectivity index (χ1) is 7.06. The standard InChI is InChI=1S/C10H10O5/c1-15-10-7(11)4-2-6(9(10)14)3-5-8(12)13/h2-5,11,14H,1H3,(H,12,13). The number of hydrogen-bond acceptors (Lipinski definition) is 4. The van der Waals surface area contributed by atoms with E-state index < -0.39 is 5.97 Å². The van der Waals surface area contributed by atoms with E-state index in [1.54, 1.807) is 0 Å². The van der Waals surface area contributed by atoms with Gasteiger partial charge in [0.2, 0.25) is 5.75 Å². The van der Waals surface area contributed by atoms with Gasteiger partial charge in [0.1, 0.15) is 0 Å². The highest BCUT2D eigenvalue weighted by atomic mass is 16.5. The van der Waals surface area contributed by atoms with Crippen molar-refractivity contribution in [1.29, 1.82) is 0 Å². The lowest BCUT2D eigenvalue weighted by Gasteiger charge is -2.07. The molecule has 0 amide bonds. The number of hydrogen-bond donors (Lipinski definition) is 3. The Morgan fingerprint density at radius 1 is 1.40 bits per heavy atom. The van der Waals surface area contributed by atoms with Crippen molar-refractivity contribution in [2.45, 2.75) is 0 Å². The van der Waals surface area contributed by atoms with E-state index in [9.17, 15) is 15.0 Å². The fourth-order valence-corrected chi connectivity index (χ4v) is 1.07. The first kappa shape index (κ1) is 10.9. The van der Waals surface area contributed by atoms with Gasteiger partial charge < -0.3 is 20.1 Å². The van der Waals surface area contributed by atoms with Crippen LogP contribution in [0.15, 0.2) is 18.2 Å². The minimum atomic E-state index is -1.12. The molecule has 0 aliphatic carbocycles. The molecule has 0 saturated heterocycles. The van der Waals surface area contributed by atoms with E-state index in [2.05, 4.69) is 0 Å². The number of methoxy groups -OCH3 is 1. The van der Waals surface area contributed by atoms with E-state index in [1.165, 1.54) is 25.3 Å². The van der Waals surface area contributed by atoms with Crippen LogP contribution in [0.2, 0.25) is 0 Å². The second-order valence-corrected chi connectivity index (χ2v) is 2.73. The molecular weight excluding hydrogens is 200 g/mol. The number of phenols is 2. The molecule has 3 N–H and O–H groups in total. The molecule has 1 aromatic carbocycles. The molecular formula is C10H10O5. The monoisotopic (exact) mass is 210 g/mol. The number of ether oxygens (including phenoxy) is 1. The number of carboxylic acid groups (broad SMARTS) is 1. The molecule has 80 valence electrons. The van der Waals surface area contributed by atoms with E-state index in [0.29, 0.717) is 0 Å². The smallest absolute Gasteiger partial charge is 0.328 e. The summed E-state index contributed by atoms with van der Waals surface area (Å²) in [6.45, 7) is 0. The molecule has 0 radical (unpaired) electrons. The predicted molar refractivity (Wildman–Crippen MR) is 53.0 cm³/mol. The van der Waals surface area contributed by atoms with Gasteiger partial charge in [0.05, 0.1) is 7.11 Å².